The Labute approximate surface area is 150 Å². The third-order valence-electron chi connectivity index (χ3n) is 4.95. The summed E-state index contributed by atoms with van der Waals surface area (Å²) >= 11 is 0. The highest BCUT2D eigenvalue weighted by molar-refractivity contribution is 7.89. The van der Waals surface area contributed by atoms with Gasteiger partial charge in [-0.15, -0.1) is 0 Å². The van der Waals surface area contributed by atoms with Crippen LogP contribution in [0.2, 0.25) is 0 Å². The zero-order valence-corrected chi connectivity index (χ0v) is 15.6. The number of carbonyl (C=O) groups excluding carboxylic acids is 1. The van der Waals surface area contributed by atoms with E-state index in [9.17, 15) is 13.2 Å². The summed E-state index contributed by atoms with van der Waals surface area (Å²) in [6.07, 6.45) is 5.92. The number of hydrogen-bond donors (Lipinski definition) is 1. The molecular weight excluding hydrogens is 338 g/mol. The van der Waals surface area contributed by atoms with Crippen molar-refractivity contribution in [2.24, 2.45) is 0 Å². The second kappa shape index (κ2) is 7.74. The first-order chi connectivity index (χ1) is 11.9. The van der Waals surface area contributed by atoms with Crippen molar-refractivity contribution in [1.82, 2.24) is 9.80 Å². The van der Waals surface area contributed by atoms with Crippen LogP contribution in [0, 0.1) is 0 Å². The van der Waals surface area contributed by atoms with Gasteiger partial charge in [-0.05, 0) is 56.5 Å². The predicted octanol–water partition coefficient (Wildman–Crippen LogP) is 2.32. The third kappa shape index (κ3) is 5.19. The highest BCUT2D eigenvalue weighted by Crippen LogP contribution is 2.21. The molecule has 0 radical (unpaired) electrons. The molecule has 0 bridgehead atoms. The molecule has 2 saturated heterocycles. The first-order valence-electron chi connectivity index (χ1n) is 8.97. The molecule has 1 atom stereocenters. The molecule has 0 spiro atoms. The Morgan fingerprint density at radius 2 is 1.96 bits per heavy atom. The molecule has 2 aliphatic rings. The van der Waals surface area contributed by atoms with Crippen LogP contribution in [-0.2, 0) is 15.6 Å². The Morgan fingerprint density at radius 1 is 1.20 bits per heavy atom. The van der Waals surface area contributed by atoms with E-state index >= 15 is 0 Å². The van der Waals surface area contributed by atoms with E-state index in [1.807, 2.05) is 4.90 Å². The molecule has 2 aliphatic heterocycles. The molecular formula is C18H27N3O3S. The molecule has 2 fully saturated rings. The van der Waals surface area contributed by atoms with Gasteiger partial charge in [0, 0.05) is 31.1 Å². The number of nitrogens with one attached hydrogen (secondary N) is 1. The Balaban J connectivity index is 1.60. The van der Waals surface area contributed by atoms with Crippen LogP contribution in [0.4, 0.5) is 10.5 Å². The van der Waals surface area contributed by atoms with E-state index in [0.717, 1.165) is 39.0 Å². The second-order valence-corrected chi connectivity index (χ2v) is 9.33. The number of sulfone groups is 1. The lowest BCUT2D eigenvalue weighted by molar-refractivity contribution is 0.132. The summed E-state index contributed by atoms with van der Waals surface area (Å²) in [5.41, 5.74) is 1.34. The lowest BCUT2D eigenvalue weighted by Gasteiger charge is -2.37. The quantitative estimate of drug-likeness (QED) is 0.889. The first kappa shape index (κ1) is 18.2. The minimum absolute atomic E-state index is 0.0164. The summed E-state index contributed by atoms with van der Waals surface area (Å²) in [5.74, 6) is -0.0164. The van der Waals surface area contributed by atoms with Gasteiger partial charge in [-0.25, -0.2) is 13.2 Å². The normalized spacial score (nSPS) is 22.1. The number of nitrogens with zero attached hydrogens (tertiary/aromatic N) is 2. The molecule has 0 saturated carbocycles. The average Bonchev–Trinajstić information content (AvgIpc) is 3.08. The second-order valence-electron chi connectivity index (χ2n) is 7.19. The molecule has 0 aromatic heterocycles. The van der Waals surface area contributed by atoms with E-state index in [1.54, 1.807) is 24.3 Å². The molecule has 1 aromatic carbocycles. The number of benzene rings is 1. The zero-order chi connectivity index (χ0) is 17.9. The van der Waals surface area contributed by atoms with E-state index in [-0.39, 0.29) is 11.8 Å². The predicted molar refractivity (Wildman–Crippen MR) is 99.4 cm³/mol. The fourth-order valence-electron chi connectivity index (χ4n) is 3.79. The van der Waals surface area contributed by atoms with Gasteiger partial charge in [0.2, 0.25) is 0 Å². The minimum Gasteiger partial charge on any atom is -0.323 e. The Hall–Kier alpha value is -1.60. The summed E-state index contributed by atoms with van der Waals surface area (Å²) in [6.45, 7) is 3.84. The summed E-state index contributed by atoms with van der Waals surface area (Å²) in [5, 5.41) is 2.92. The fraction of sp³-hybridized carbons (Fsp3) is 0.611. The zero-order valence-electron chi connectivity index (χ0n) is 14.8. The Kier molecular flexibility index (Phi) is 5.64. The number of likely N-dealkylation sites (tertiary alicyclic amines) is 2. The maximum atomic E-state index is 12.6. The van der Waals surface area contributed by atoms with Gasteiger partial charge in [0.25, 0.3) is 0 Å². The van der Waals surface area contributed by atoms with Crippen LogP contribution < -0.4 is 5.32 Å². The van der Waals surface area contributed by atoms with E-state index in [0.29, 0.717) is 17.3 Å². The molecule has 2 amide bonds. The highest BCUT2D eigenvalue weighted by atomic mass is 32.2. The van der Waals surface area contributed by atoms with Crippen molar-refractivity contribution in [3.8, 4) is 0 Å². The van der Waals surface area contributed by atoms with Crippen LogP contribution in [0.1, 0.15) is 31.2 Å². The highest BCUT2D eigenvalue weighted by Gasteiger charge is 2.29. The van der Waals surface area contributed by atoms with Crippen molar-refractivity contribution in [3.63, 3.8) is 0 Å². The van der Waals surface area contributed by atoms with Crippen molar-refractivity contribution in [1.29, 1.82) is 0 Å². The Morgan fingerprint density at radius 3 is 2.68 bits per heavy atom. The van der Waals surface area contributed by atoms with Crippen molar-refractivity contribution >= 4 is 21.6 Å². The number of rotatable bonds is 4. The van der Waals surface area contributed by atoms with Gasteiger partial charge in [-0.1, -0.05) is 12.1 Å². The van der Waals surface area contributed by atoms with Gasteiger partial charge in [0.05, 0.1) is 5.75 Å². The van der Waals surface area contributed by atoms with Gasteiger partial charge in [0.1, 0.15) is 0 Å². The monoisotopic (exact) mass is 365 g/mol. The van der Waals surface area contributed by atoms with Gasteiger partial charge >= 0.3 is 6.03 Å². The van der Waals surface area contributed by atoms with E-state index in [1.165, 1.54) is 19.1 Å². The number of piperidine rings is 1. The molecule has 1 aromatic rings. The van der Waals surface area contributed by atoms with Crippen molar-refractivity contribution < 1.29 is 13.2 Å². The topological polar surface area (TPSA) is 69.7 Å². The molecule has 1 unspecified atom stereocenters. The smallest absolute Gasteiger partial charge is 0.321 e. The van der Waals surface area contributed by atoms with Gasteiger partial charge in [-0.3, -0.25) is 4.90 Å². The average molecular weight is 365 g/mol. The summed E-state index contributed by atoms with van der Waals surface area (Å²) in [7, 11) is -3.09. The fourth-order valence-corrected chi connectivity index (χ4v) is 4.57. The van der Waals surface area contributed by atoms with Crippen LogP contribution >= 0.6 is 0 Å². The molecule has 2 heterocycles. The van der Waals surface area contributed by atoms with Crippen molar-refractivity contribution in [2.75, 3.05) is 37.8 Å². The number of urea groups is 1. The molecule has 7 heteroatoms. The summed E-state index contributed by atoms with van der Waals surface area (Å²) in [4.78, 5) is 17.0. The number of carbonyl (C=O) groups is 1. The standard InChI is InChI=1S/C18H27N3O3S/c1-25(23,24)14-15-6-4-7-16(12-15)19-18(22)21-11-5-8-17(13-21)20-9-2-3-10-20/h4,6-7,12,17H,2-3,5,8-11,13-14H2,1H3,(H,19,22). The maximum Gasteiger partial charge on any atom is 0.321 e. The lowest BCUT2D eigenvalue weighted by atomic mass is 10.0. The Bertz CT molecular complexity index is 714. The van der Waals surface area contributed by atoms with Crippen LogP contribution in [-0.4, -0.2) is 62.7 Å². The van der Waals surface area contributed by atoms with Crippen LogP contribution in [0.25, 0.3) is 0 Å². The molecule has 1 N–H and O–H groups in total. The number of anilines is 1. The van der Waals surface area contributed by atoms with Crippen molar-refractivity contribution in [2.45, 2.75) is 37.5 Å². The van der Waals surface area contributed by atoms with Gasteiger partial charge < -0.3 is 10.2 Å². The summed E-state index contributed by atoms with van der Waals surface area (Å²) < 4.78 is 22.9. The van der Waals surface area contributed by atoms with Crippen LogP contribution in [0.15, 0.2) is 24.3 Å². The number of hydrogen-bond acceptors (Lipinski definition) is 4. The van der Waals surface area contributed by atoms with Gasteiger partial charge in [-0.2, -0.15) is 0 Å². The van der Waals surface area contributed by atoms with E-state index in [2.05, 4.69) is 10.2 Å². The molecule has 138 valence electrons. The lowest BCUT2D eigenvalue weighted by Crippen LogP contribution is -2.50. The van der Waals surface area contributed by atoms with Gasteiger partial charge in [0.15, 0.2) is 9.84 Å². The largest absolute Gasteiger partial charge is 0.323 e. The van der Waals surface area contributed by atoms with Crippen LogP contribution in [0.5, 0.6) is 0 Å². The molecule has 0 aliphatic carbocycles. The minimum atomic E-state index is -3.09. The molecule has 6 nitrogen and oxygen atoms in total. The maximum absolute atomic E-state index is 12.6. The third-order valence-corrected chi connectivity index (χ3v) is 5.81. The summed E-state index contributed by atoms with van der Waals surface area (Å²) in [6, 6.07) is 7.45. The van der Waals surface area contributed by atoms with Crippen LogP contribution in [0.3, 0.4) is 0 Å². The number of amides is 2. The first-order valence-corrected chi connectivity index (χ1v) is 11.0. The van der Waals surface area contributed by atoms with Crippen molar-refractivity contribution in [3.05, 3.63) is 29.8 Å². The van der Waals surface area contributed by atoms with E-state index in [4.69, 9.17) is 0 Å². The SMILES string of the molecule is CS(=O)(=O)Cc1cccc(NC(=O)N2CCCC(N3CCCC3)C2)c1. The molecule has 3 rings (SSSR count). The molecule has 25 heavy (non-hydrogen) atoms. The van der Waals surface area contributed by atoms with E-state index < -0.39 is 9.84 Å².